The van der Waals surface area contributed by atoms with E-state index in [2.05, 4.69) is 30.4 Å². The van der Waals surface area contributed by atoms with Crippen LogP contribution in [0.25, 0.3) is 44.7 Å². The summed E-state index contributed by atoms with van der Waals surface area (Å²) >= 11 is 0. The second-order valence-corrected chi connectivity index (χ2v) is 8.18. The first-order valence-electron chi connectivity index (χ1n) is 10.6. The van der Waals surface area contributed by atoms with Gasteiger partial charge >= 0.3 is 0 Å². The Morgan fingerprint density at radius 2 is 2.00 bits per heavy atom. The van der Waals surface area contributed by atoms with Crippen molar-refractivity contribution in [2.75, 3.05) is 5.32 Å². The number of hydrogen-bond acceptors (Lipinski definition) is 7. The lowest BCUT2D eigenvalue weighted by Gasteiger charge is -2.10. The summed E-state index contributed by atoms with van der Waals surface area (Å²) in [5.74, 6) is 0.881. The zero-order chi connectivity index (χ0) is 23.4. The molecule has 0 spiro atoms. The van der Waals surface area contributed by atoms with Crippen LogP contribution in [0.5, 0.6) is 0 Å². The number of pyridine rings is 2. The number of fused-ring (bicyclic) bond motifs is 2. The SMILES string of the molecule is Cn1cnc(-c2ccc3oc(-c4cnc(C(F)F)c5cnc(NC(=O)C6CC6)cc45)nc3c2)n1. The minimum absolute atomic E-state index is 0.0224. The first-order valence-corrected chi connectivity index (χ1v) is 10.6. The number of halogens is 2. The molecule has 34 heavy (non-hydrogen) atoms. The van der Waals surface area contributed by atoms with Crippen LogP contribution in [0.2, 0.25) is 0 Å². The van der Waals surface area contributed by atoms with Gasteiger partial charge in [0.15, 0.2) is 11.4 Å². The molecule has 1 fully saturated rings. The van der Waals surface area contributed by atoms with Crippen molar-refractivity contribution in [3.05, 3.63) is 48.7 Å². The van der Waals surface area contributed by atoms with Crippen LogP contribution in [0.3, 0.4) is 0 Å². The van der Waals surface area contributed by atoms with E-state index in [0.29, 0.717) is 27.9 Å². The summed E-state index contributed by atoms with van der Waals surface area (Å²) in [6.45, 7) is 0. The molecule has 1 aromatic carbocycles. The summed E-state index contributed by atoms with van der Waals surface area (Å²) in [4.78, 5) is 29.1. The molecule has 5 aromatic rings. The van der Waals surface area contributed by atoms with Gasteiger partial charge in [0, 0.05) is 41.7 Å². The molecule has 170 valence electrons. The van der Waals surface area contributed by atoms with Crippen LogP contribution < -0.4 is 5.32 Å². The van der Waals surface area contributed by atoms with Crippen molar-refractivity contribution in [3.63, 3.8) is 0 Å². The molecule has 0 radical (unpaired) electrons. The number of amides is 1. The molecule has 0 unspecified atom stereocenters. The van der Waals surface area contributed by atoms with Crippen LogP contribution in [-0.2, 0) is 11.8 Å². The number of benzene rings is 1. The third-order valence-corrected chi connectivity index (χ3v) is 5.68. The average Bonchev–Trinajstić information content (AvgIpc) is 3.46. The normalized spacial score (nSPS) is 13.8. The molecule has 0 atom stereocenters. The highest BCUT2D eigenvalue weighted by molar-refractivity contribution is 6.00. The lowest BCUT2D eigenvalue weighted by Crippen LogP contribution is -2.14. The number of anilines is 1. The van der Waals surface area contributed by atoms with Crippen LogP contribution in [0.1, 0.15) is 25.0 Å². The molecule has 1 aliphatic carbocycles. The maximum Gasteiger partial charge on any atom is 0.281 e. The van der Waals surface area contributed by atoms with Gasteiger partial charge < -0.3 is 9.73 Å². The molecule has 1 aliphatic rings. The van der Waals surface area contributed by atoms with E-state index in [-0.39, 0.29) is 28.9 Å². The second kappa shape index (κ2) is 7.65. The third-order valence-electron chi connectivity index (χ3n) is 5.68. The number of carbonyl (C=O) groups excluding carboxylic acids is 1. The first-order chi connectivity index (χ1) is 16.5. The molecular weight excluding hydrogens is 444 g/mol. The minimum atomic E-state index is -2.79. The Bertz CT molecular complexity index is 1570. The third kappa shape index (κ3) is 3.54. The van der Waals surface area contributed by atoms with Crippen molar-refractivity contribution in [2.24, 2.45) is 13.0 Å². The number of oxazole rings is 1. The molecule has 6 rings (SSSR count). The van der Waals surface area contributed by atoms with E-state index in [0.717, 1.165) is 18.4 Å². The van der Waals surface area contributed by atoms with Crippen molar-refractivity contribution >= 4 is 33.6 Å². The van der Waals surface area contributed by atoms with Gasteiger partial charge in [0.1, 0.15) is 23.4 Å². The van der Waals surface area contributed by atoms with E-state index < -0.39 is 12.1 Å². The summed E-state index contributed by atoms with van der Waals surface area (Å²) in [7, 11) is 1.78. The largest absolute Gasteiger partial charge is 0.436 e. The van der Waals surface area contributed by atoms with E-state index >= 15 is 0 Å². The Balaban J connectivity index is 1.47. The van der Waals surface area contributed by atoms with Crippen molar-refractivity contribution in [3.8, 4) is 22.8 Å². The van der Waals surface area contributed by atoms with Crippen LogP contribution in [0, 0.1) is 5.92 Å². The van der Waals surface area contributed by atoms with E-state index in [1.165, 1.54) is 12.4 Å². The molecule has 1 saturated carbocycles. The first kappa shape index (κ1) is 20.3. The number of hydrogen-bond donors (Lipinski definition) is 1. The lowest BCUT2D eigenvalue weighted by atomic mass is 10.1. The zero-order valence-corrected chi connectivity index (χ0v) is 17.9. The fourth-order valence-electron chi connectivity index (χ4n) is 3.80. The fraction of sp³-hybridized carbons (Fsp3) is 0.217. The van der Waals surface area contributed by atoms with Gasteiger partial charge in [0.25, 0.3) is 6.43 Å². The van der Waals surface area contributed by atoms with E-state index in [9.17, 15) is 13.6 Å². The van der Waals surface area contributed by atoms with Crippen LogP contribution in [0.4, 0.5) is 14.6 Å². The number of aromatic nitrogens is 6. The Kier molecular flexibility index (Phi) is 4.57. The van der Waals surface area contributed by atoms with Crippen molar-refractivity contribution in [1.29, 1.82) is 0 Å². The summed E-state index contributed by atoms with van der Waals surface area (Å²) < 4.78 is 34.8. The highest BCUT2D eigenvalue weighted by Crippen LogP contribution is 2.36. The molecule has 9 nitrogen and oxygen atoms in total. The van der Waals surface area contributed by atoms with Crippen molar-refractivity contribution in [2.45, 2.75) is 19.3 Å². The predicted molar refractivity (Wildman–Crippen MR) is 119 cm³/mol. The van der Waals surface area contributed by atoms with Gasteiger partial charge in [-0.3, -0.25) is 14.5 Å². The van der Waals surface area contributed by atoms with Gasteiger partial charge in [-0.25, -0.2) is 23.7 Å². The zero-order valence-electron chi connectivity index (χ0n) is 17.9. The van der Waals surface area contributed by atoms with Crippen LogP contribution in [-0.4, -0.2) is 35.6 Å². The van der Waals surface area contributed by atoms with Crippen molar-refractivity contribution in [1.82, 2.24) is 29.7 Å². The van der Waals surface area contributed by atoms with Crippen LogP contribution in [0.15, 0.2) is 47.4 Å². The van der Waals surface area contributed by atoms with Crippen LogP contribution >= 0.6 is 0 Å². The standard InChI is InChI=1S/C23H17F2N7O2/c1-32-10-28-21(31-32)12-4-5-17-16(6-12)29-23(34-17)15-9-27-19(20(24)25)14-8-26-18(7-13(14)15)30-22(33)11-2-3-11/h4-11,20H,2-3H2,1H3,(H,26,30,33). The molecule has 1 N–H and O–H groups in total. The number of carbonyl (C=O) groups is 1. The quantitative estimate of drug-likeness (QED) is 0.410. The molecule has 1 amide bonds. The number of nitrogens with zero attached hydrogens (tertiary/aromatic N) is 6. The molecule has 0 aliphatic heterocycles. The highest BCUT2D eigenvalue weighted by Gasteiger charge is 2.30. The number of alkyl halides is 2. The van der Waals surface area contributed by atoms with Gasteiger partial charge in [-0.05, 0) is 37.1 Å². The summed E-state index contributed by atoms with van der Waals surface area (Å²) in [5, 5.41) is 7.62. The Morgan fingerprint density at radius 1 is 1.15 bits per heavy atom. The highest BCUT2D eigenvalue weighted by atomic mass is 19.3. The fourth-order valence-corrected chi connectivity index (χ4v) is 3.80. The van der Waals surface area contributed by atoms with Gasteiger partial charge in [-0.15, -0.1) is 0 Å². The summed E-state index contributed by atoms with van der Waals surface area (Å²) in [6, 6.07) is 6.92. The monoisotopic (exact) mass is 461 g/mol. The molecular formula is C23H17F2N7O2. The molecule has 4 heterocycles. The van der Waals surface area contributed by atoms with E-state index in [1.807, 2.05) is 6.07 Å². The van der Waals surface area contributed by atoms with E-state index in [4.69, 9.17) is 4.42 Å². The Hall–Kier alpha value is -4.28. The Morgan fingerprint density at radius 3 is 2.74 bits per heavy atom. The smallest absolute Gasteiger partial charge is 0.281 e. The number of aryl methyl sites for hydroxylation is 1. The van der Waals surface area contributed by atoms with Gasteiger partial charge in [0.2, 0.25) is 11.8 Å². The molecule has 4 aromatic heterocycles. The second-order valence-electron chi connectivity index (χ2n) is 8.18. The van der Waals surface area contributed by atoms with Gasteiger partial charge in [0.05, 0.1) is 5.56 Å². The lowest BCUT2D eigenvalue weighted by molar-refractivity contribution is -0.117. The maximum atomic E-state index is 13.6. The van der Waals surface area contributed by atoms with E-state index in [1.54, 1.807) is 36.3 Å². The van der Waals surface area contributed by atoms with Gasteiger partial charge in [-0.2, -0.15) is 5.10 Å². The molecule has 11 heteroatoms. The minimum Gasteiger partial charge on any atom is -0.436 e. The average molecular weight is 461 g/mol. The Labute approximate surface area is 190 Å². The van der Waals surface area contributed by atoms with Gasteiger partial charge in [-0.1, -0.05) is 0 Å². The topological polar surface area (TPSA) is 112 Å². The number of rotatable bonds is 5. The predicted octanol–water partition coefficient (Wildman–Crippen LogP) is 4.52. The summed E-state index contributed by atoms with van der Waals surface area (Å²) in [6.07, 6.45) is 3.09. The molecule has 0 bridgehead atoms. The number of nitrogens with one attached hydrogen (secondary N) is 1. The summed E-state index contributed by atoms with van der Waals surface area (Å²) in [5.41, 5.74) is 1.85. The molecule has 0 saturated heterocycles. The maximum absolute atomic E-state index is 13.6. The van der Waals surface area contributed by atoms with Crippen molar-refractivity contribution < 1.29 is 18.0 Å².